The Kier molecular flexibility index (Phi) is 5.63. The maximum absolute atomic E-state index is 4.40. The van der Waals surface area contributed by atoms with Gasteiger partial charge in [-0.15, -0.1) is 0 Å². The Bertz CT molecular complexity index is 323. The second-order valence-corrected chi connectivity index (χ2v) is 6.99. The van der Waals surface area contributed by atoms with E-state index in [4.69, 9.17) is 0 Å². The average Bonchev–Trinajstić information content (AvgIpc) is 2.59. The molecule has 1 aromatic rings. The molecule has 0 bridgehead atoms. The molecule has 0 spiro atoms. The zero-order valence-electron chi connectivity index (χ0n) is 11.5. The third kappa shape index (κ3) is 4.41. The molecule has 17 heavy (non-hydrogen) atoms. The van der Waals surface area contributed by atoms with Crippen LogP contribution in [0.5, 0.6) is 0 Å². The predicted octanol–water partition coefficient (Wildman–Crippen LogP) is 3.53. The van der Waals surface area contributed by atoms with E-state index in [2.05, 4.69) is 65.3 Å². The summed E-state index contributed by atoms with van der Waals surface area (Å²) in [6.07, 6.45) is 2.67. The summed E-state index contributed by atoms with van der Waals surface area (Å²) >= 11 is 3.71. The highest BCUT2D eigenvalue weighted by molar-refractivity contribution is 9.09. The van der Waals surface area contributed by atoms with E-state index in [0.29, 0.717) is 22.6 Å². The Morgan fingerprint density at radius 1 is 1.24 bits per heavy atom. The summed E-state index contributed by atoms with van der Waals surface area (Å²) in [7, 11) is 0. The van der Waals surface area contributed by atoms with E-state index in [-0.39, 0.29) is 0 Å². The fraction of sp³-hybridized carbons (Fsp3) is 0.846. The van der Waals surface area contributed by atoms with E-state index in [0.717, 1.165) is 18.8 Å². The molecule has 0 saturated carbocycles. The molecule has 0 aliphatic carbocycles. The van der Waals surface area contributed by atoms with E-state index in [9.17, 15) is 0 Å². The van der Waals surface area contributed by atoms with Gasteiger partial charge in [0.25, 0.3) is 0 Å². The topological polar surface area (TPSA) is 30.7 Å². The number of alkyl halides is 1. The van der Waals surface area contributed by atoms with Crippen LogP contribution in [0.3, 0.4) is 0 Å². The van der Waals surface area contributed by atoms with Crippen molar-refractivity contribution >= 4 is 15.9 Å². The zero-order valence-corrected chi connectivity index (χ0v) is 13.1. The largest absolute Gasteiger partial charge is 0.250 e. The summed E-state index contributed by atoms with van der Waals surface area (Å²) in [6.45, 7) is 12.1. The van der Waals surface area contributed by atoms with Crippen LogP contribution in [0.1, 0.15) is 40.4 Å². The quantitative estimate of drug-likeness (QED) is 0.753. The lowest BCUT2D eigenvalue weighted by Gasteiger charge is -2.23. The van der Waals surface area contributed by atoms with Gasteiger partial charge >= 0.3 is 0 Å². The molecule has 0 N–H and O–H groups in total. The lowest BCUT2D eigenvalue weighted by molar-refractivity contribution is 0.361. The van der Waals surface area contributed by atoms with Crippen molar-refractivity contribution in [2.24, 2.45) is 17.8 Å². The van der Waals surface area contributed by atoms with Crippen LogP contribution >= 0.6 is 15.9 Å². The number of aromatic nitrogens is 3. The molecule has 0 aliphatic rings. The number of nitrogens with zero attached hydrogens (tertiary/aromatic N) is 3. The van der Waals surface area contributed by atoms with Crippen molar-refractivity contribution < 1.29 is 0 Å². The normalized spacial score (nSPS) is 15.5. The molecule has 0 fully saturated rings. The summed E-state index contributed by atoms with van der Waals surface area (Å²) in [4.78, 5) is 4.91. The van der Waals surface area contributed by atoms with Gasteiger partial charge in [0.1, 0.15) is 12.2 Å². The first-order chi connectivity index (χ1) is 7.91. The van der Waals surface area contributed by atoms with E-state index < -0.39 is 0 Å². The van der Waals surface area contributed by atoms with Gasteiger partial charge in [0, 0.05) is 17.8 Å². The van der Waals surface area contributed by atoms with Gasteiger partial charge in [-0.1, -0.05) is 50.5 Å². The van der Waals surface area contributed by atoms with Gasteiger partial charge in [0.05, 0.1) is 0 Å². The third-order valence-corrected chi connectivity index (χ3v) is 3.78. The first-order valence-corrected chi connectivity index (χ1v) is 7.34. The molecule has 1 heterocycles. The third-order valence-electron chi connectivity index (χ3n) is 3.10. The Morgan fingerprint density at radius 2 is 1.88 bits per heavy atom. The van der Waals surface area contributed by atoms with Crippen LogP contribution < -0.4 is 0 Å². The SMILES string of the molecule is CC(C)Cn1ncnc1CC(C(C)C)C(C)Br. The van der Waals surface area contributed by atoms with Crippen LogP contribution in [-0.2, 0) is 13.0 Å². The van der Waals surface area contributed by atoms with Crippen LogP contribution in [0.4, 0.5) is 0 Å². The molecule has 2 atom stereocenters. The molecule has 0 aromatic carbocycles. The molecule has 0 aliphatic heterocycles. The molecular weight excluding hydrogens is 278 g/mol. The summed E-state index contributed by atoms with van der Waals surface area (Å²) in [6, 6.07) is 0. The van der Waals surface area contributed by atoms with Crippen molar-refractivity contribution in [2.75, 3.05) is 0 Å². The standard InChI is InChI=1S/C13H24BrN3/c1-9(2)7-17-13(15-8-16-17)6-12(10(3)4)11(5)14/h8-12H,6-7H2,1-5H3. The minimum Gasteiger partial charge on any atom is -0.250 e. The first kappa shape index (κ1) is 14.7. The van der Waals surface area contributed by atoms with Crippen molar-refractivity contribution in [3.8, 4) is 0 Å². The summed E-state index contributed by atoms with van der Waals surface area (Å²) < 4.78 is 2.05. The fourth-order valence-electron chi connectivity index (χ4n) is 2.08. The number of halogens is 1. The maximum atomic E-state index is 4.40. The lowest BCUT2D eigenvalue weighted by atomic mass is 9.90. The minimum absolute atomic E-state index is 0.506. The van der Waals surface area contributed by atoms with E-state index >= 15 is 0 Å². The van der Waals surface area contributed by atoms with Crippen molar-refractivity contribution in [2.45, 2.75) is 52.4 Å². The smallest absolute Gasteiger partial charge is 0.138 e. The monoisotopic (exact) mass is 301 g/mol. The Labute approximate surface area is 113 Å². The summed E-state index contributed by atoms with van der Waals surface area (Å²) in [5, 5.41) is 4.32. The second-order valence-electron chi connectivity index (χ2n) is 5.54. The van der Waals surface area contributed by atoms with Gasteiger partial charge in [-0.2, -0.15) is 5.10 Å². The molecule has 0 amide bonds. The Hall–Kier alpha value is -0.380. The number of rotatable bonds is 6. The molecule has 1 aromatic heterocycles. The van der Waals surface area contributed by atoms with Crippen molar-refractivity contribution in [1.29, 1.82) is 0 Å². The highest BCUT2D eigenvalue weighted by atomic mass is 79.9. The van der Waals surface area contributed by atoms with Crippen LogP contribution in [-0.4, -0.2) is 19.6 Å². The van der Waals surface area contributed by atoms with Crippen molar-refractivity contribution in [3.05, 3.63) is 12.2 Å². The molecule has 98 valence electrons. The average molecular weight is 302 g/mol. The van der Waals surface area contributed by atoms with Crippen molar-refractivity contribution in [3.63, 3.8) is 0 Å². The first-order valence-electron chi connectivity index (χ1n) is 6.42. The van der Waals surface area contributed by atoms with Gasteiger partial charge in [0.15, 0.2) is 0 Å². The van der Waals surface area contributed by atoms with E-state index in [1.807, 2.05) is 0 Å². The number of hydrogen-bond donors (Lipinski definition) is 0. The second kappa shape index (κ2) is 6.53. The molecule has 4 heteroatoms. The lowest BCUT2D eigenvalue weighted by Crippen LogP contribution is -2.23. The molecule has 0 saturated heterocycles. The van der Waals surface area contributed by atoms with E-state index in [1.54, 1.807) is 6.33 Å². The highest BCUT2D eigenvalue weighted by Crippen LogP contribution is 2.24. The fourth-order valence-corrected chi connectivity index (χ4v) is 2.88. The molecule has 2 unspecified atom stereocenters. The van der Waals surface area contributed by atoms with Crippen LogP contribution in [0, 0.1) is 17.8 Å². The van der Waals surface area contributed by atoms with Gasteiger partial charge < -0.3 is 0 Å². The summed E-state index contributed by atoms with van der Waals surface area (Å²) in [5.41, 5.74) is 0. The molecular formula is C13H24BrN3. The van der Waals surface area contributed by atoms with Crippen LogP contribution in [0.15, 0.2) is 6.33 Å². The molecule has 1 rings (SSSR count). The van der Waals surface area contributed by atoms with Crippen LogP contribution in [0.2, 0.25) is 0 Å². The zero-order chi connectivity index (χ0) is 13.0. The highest BCUT2D eigenvalue weighted by Gasteiger charge is 2.21. The predicted molar refractivity (Wildman–Crippen MR) is 75.3 cm³/mol. The Balaban J connectivity index is 2.76. The van der Waals surface area contributed by atoms with Gasteiger partial charge in [-0.05, 0) is 17.8 Å². The Morgan fingerprint density at radius 3 is 2.35 bits per heavy atom. The van der Waals surface area contributed by atoms with Gasteiger partial charge in [-0.25, -0.2) is 9.67 Å². The van der Waals surface area contributed by atoms with E-state index in [1.165, 1.54) is 0 Å². The molecule has 3 nitrogen and oxygen atoms in total. The molecule has 0 radical (unpaired) electrons. The van der Waals surface area contributed by atoms with Gasteiger partial charge in [-0.3, -0.25) is 0 Å². The number of hydrogen-bond acceptors (Lipinski definition) is 2. The minimum atomic E-state index is 0.506. The van der Waals surface area contributed by atoms with Gasteiger partial charge in [0.2, 0.25) is 0 Å². The maximum Gasteiger partial charge on any atom is 0.138 e. The van der Waals surface area contributed by atoms with Crippen molar-refractivity contribution in [1.82, 2.24) is 14.8 Å². The van der Waals surface area contributed by atoms with Crippen LogP contribution in [0.25, 0.3) is 0 Å². The summed E-state index contributed by atoms with van der Waals surface area (Å²) in [5.74, 6) is 2.97.